The first-order valence-electron chi connectivity index (χ1n) is 7.59. The second-order valence-electron chi connectivity index (χ2n) is 5.11. The zero-order chi connectivity index (χ0) is 18.4. The average molecular weight is 366 g/mol. The first kappa shape index (κ1) is 17.5. The molecule has 130 valence electrons. The van der Waals surface area contributed by atoms with Crippen molar-refractivity contribution in [3.63, 3.8) is 0 Å². The van der Waals surface area contributed by atoms with Crippen molar-refractivity contribution in [2.45, 2.75) is 4.90 Å². The molecule has 0 saturated heterocycles. The number of hydroxylamine groups is 1. The molecule has 0 spiro atoms. The van der Waals surface area contributed by atoms with Gasteiger partial charge >= 0.3 is 5.24 Å². The fraction of sp³-hybridized carbons (Fsp3) is 0.0556. The lowest BCUT2D eigenvalue weighted by molar-refractivity contribution is 0.0949. The maximum atomic E-state index is 12.1. The molecule has 7 nitrogen and oxygen atoms in total. The number of thioether (sulfide) groups is 1. The summed E-state index contributed by atoms with van der Waals surface area (Å²) < 4.78 is 0. The van der Waals surface area contributed by atoms with E-state index in [1.54, 1.807) is 29.7 Å². The van der Waals surface area contributed by atoms with Crippen LogP contribution in [0.3, 0.4) is 0 Å². The van der Waals surface area contributed by atoms with Crippen LogP contribution in [0.25, 0.3) is 11.0 Å². The lowest BCUT2D eigenvalue weighted by Gasteiger charge is -1.99. The van der Waals surface area contributed by atoms with Crippen LogP contribution in [0.15, 0.2) is 53.4 Å². The van der Waals surface area contributed by atoms with Gasteiger partial charge in [-0.15, -0.1) is 0 Å². The summed E-state index contributed by atoms with van der Waals surface area (Å²) in [5, 5.41) is 10.6. The van der Waals surface area contributed by atoms with Gasteiger partial charge in [0.2, 0.25) is 0 Å². The van der Waals surface area contributed by atoms with Gasteiger partial charge in [0.25, 0.3) is 5.91 Å². The van der Waals surface area contributed by atoms with Gasteiger partial charge in [0.1, 0.15) is 0 Å². The van der Waals surface area contributed by atoms with Gasteiger partial charge in [0.15, 0.2) is 5.82 Å². The van der Waals surface area contributed by atoms with Crippen molar-refractivity contribution in [2.24, 2.45) is 0 Å². The van der Waals surface area contributed by atoms with Crippen molar-refractivity contribution >= 4 is 33.9 Å². The standard InChI is InChI=1S/C18H14N4O3S/c23-17(16-20-14-5-1-2-6-15(14)21-16)19-11-3-4-12-7-9-13(10-8-12)26-18(24)22-25/h1-2,5-10,25H,11H2,(H,19,23)(H,20,21)(H,22,24). The third-order valence-corrected chi connectivity index (χ3v) is 4.12. The maximum Gasteiger partial charge on any atom is 0.307 e. The van der Waals surface area contributed by atoms with Gasteiger partial charge in [0, 0.05) is 10.5 Å². The van der Waals surface area contributed by atoms with Crippen LogP contribution >= 0.6 is 11.8 Å². The Balaban J connectivity index is 1.54. The molecule has 2 amide bonds. The smallest absolute Gasteiger partial charge is 0.307 e. The number of para-hydroxylation sites is 2. The highest BCUT2D eigenvalue weighted by atomic mass is 32.2. The van der Waals surface area contributed by atoms with Crippen molar-refractivity contribution in [2.75, 3.05) is 6.54 Å². The summed E-state index contributed by atoms with van der Waals surface area (Å²) in [6.07, 6.45) is 0. The quantitative estimate of drug-likeness (QED) is 0.247. The zero-order valence-electron chi connectivity index (χ0n) is 13.4. The van der Waals surface area contributed by atoms with E-state index in [-0.39, 0.29) is 18.3 Å². The van der Waals surface area contributed by atoms with E-state index >= 15 is 0 Å². The molecule has 0 fully saturated rings. The van der Waals surface area contributed by atoms with E-state index in [9.17, 15) is 9.59 Å². The van der Waals surface area contributed by atoms with E-state index in [1.807, 2.05) is 24.3 Å². The van der Waals surface area contributed by atoms with Crippen molar-refractivity contribution < 1.29 is 14.8 Å². The molecule has 3 aromatic rings. The van der Waals surface area contributed by atoms with Crippen LogP contribution in [-0.2, 0) is 0 Å². The Labute approximate surface area is 153 Å². The van der Waals surface area contributed by atoms with Gasteiger partial charge in [0.05, 0.1) is 17.6 Å². The molecule has 2 aromatic carbocycles. The molecule has 1 heterocycles. The number of rotatable bonds is 3. The molecule has 0 aliphatic heterocycles. The van der Waals surface area contributed by atoms with Gasteiger partial charge in [-0.2, -0.15) is 0 Å². The summed E-state index contributed by atoms with van der Waals surface area (Å²) in [7, 11) is 0. The number of carbonyl (C=O) groups excluding carboxylic acids is 2. The molecule has 0 saturated carbocycles. The number of carbonyl (C=O) groups is 2. The second-order valence-corrected chi connectivity index (χ2v) is 6.16. The molecular weight excluding hydrogens is 352 g/mol. The molecule has 0 aliphatic rings. The first-order valence-corrected chi connectivity index (χ1v) is 8.41. The number of fused-ring (bicyclic) bond motifs is 1. The molecule has 3 rings (SSSR count). The Morgan fingerprint density at radius 1 is 1.15 bits per heavy atom. The lowest BCUT2D eigenvalue weighted by atomic mass is 10.2. The highest BCUT2D eigenvalue weighted by Crippen LogP contribution is 2.18. The predicted molar refractivity (Wildman–Crippen MR) is 97.9 cm³/mol. The highest BCUT2D eigenvalue weighted by Gasteiger charge is 2.09. The minimum absolute atomic E-state index is 0.180. The first-order chi connectivity index (χ1) is 12.7. The predicted octanol–water partition coefficient (Wildman–Crippen LogP) is 2.54. The molecule has 8 heteroatoms. The summed E-state index contributed by atoms with van der Waals surface area (Å²) in [5.74, 6) is 5.70. The monoisotopic (exact) mass is 366 g/mol. The third kappa shape index (κ3) is 4.42. The van der Waals surface area contributed by atoms with Crippen molar-refractivity contribution in [1.82, 2.24) is 20.8 Å². The summed E-state index contributed by atoms with van der Waals surface area (Å²) in [4.78, 5) is 31.0. The number of aromatic nitrogens is 2. The van der Waals surface area contributed by atoms with E-state index in [0.29, 0.717) is 4.90 Å². The van der Waals surface area contributed by atoms with Crippen molar-refractivity contribution in [1.29, 1.82) is 0 Å². The normalized spacial score (nSPS) is 10.0. The minimum Gasteiger partial charge on any atom is -0.338 e. The van der Waals surface area contributed by atoms with Crippen LogP contribution in [0.2, 0.25) is 0 Å². The summed E-state index contributed by atoms with van der Waals surface area (Å²) >= 11 is 0.868. The molecule has 1 aromatic heterocycles. The van der Waals surface area contributed by atoms with E-state index in [0.717, 1.165) is 28.4 Å². The number of nitrogens with zero attached hydrogens (tertiary/aromatic N) is 1. The Hall–Kier alpha value is -3.28. The van der Waals surface area contributed by atoms with Crippen LogP contribution < -0.4 is 10.8 Å². The highest BCUT2D eigenvalue weighted by molar-refractivity contribution is 8.13. The molecule has 0 bridgehead atoms. The number of amides is 2. The summed E-state index contributed by atoms with van der Waals surface area (Å²) in [6, 6.07) is 14.3. The summed E-state index contributed by atoms with van der Waals surface area (Å²) in [5.41, 5.74) is 3.83. The molecule has 0 radical (unpaired) electrons. The van der Waals surface area contributed by atoms with E-state index in [2.05, 4.69) is 27.1 Å². The van der Waals surface area contributed by atoms with E-state index in [1.165, 1.54) is 0 Å². The number of nitrogens with one attached hydrogen (secondary N) is 3. The van der Waals surface area contributed by atoms with Crippen molar-refractivity contribution in [3.05, 3.63) is 59.9 Å². The second kappa shape index (κ2) is 8.20. The number of hydrogen-bond acceptors (Lipinski definition) is 5. The molecule has 4 N–H and O–H groups in total. The van der Waals surface area contributed by atoms with E-state index < -0.39 is 5.24 Å². The number of hydrogen-bond donors (Lipinski definition) is 4. The average Bonchev–Trinajstić information content (AvgIpc) is 3.10. The molecule has 0 atom stereocenters. The van der Waals surface area contributed by atoms with Gasteiger partial charge in [-0.25, -0.2) is 10.5 Å². The van der Waals surface area contributed by atoms with Gasteiger partial charge in [-0.1, -0.05) is 24.0 Å². The number of H-pyrrole nitrogens is 1. The Morgan fingerprint density at radius 2 is 1.92 bits per heavy atom. The molecule has 0 unspecified atom stereocenters. The Morgan fingerprint density at radius 3 is 2.65 bits per heavy atom. The maximum absolute atomic E-state index is 12.1. The van der Waals surface area contributed by atoms with Gasteiger partial charge in [-0.3, -0.25) is 14.8 Å². The van der Waals surface area contributed by atoms with Crippen molar-refractivity contribution in [3.8, 4) is 11.8 Å². The van der Waals surface area contributed by atoms with Crippen LogP contribution in [0.5, 0.6) is 0 Å². The fourth-order valence-corrected chi connectivity index (χ4v) is 2.68. The zero-order valence-corrected chi connectivity index (χ0v) is 14.3. The van der Waals surface area contributed by atoms with Crippen LogP contribution in [0.4, 0.5) is 4.79 Å². The molecule has 26 heavy (non-hydrogen) atoms. The van der Waals surface area contributed by atoms with E-state index in [4.69, 9.17) is 5.21 Å². The molecular formula is C18H14N4O3S. The fourth-order valence-electron chi connectivity index (χ4n) is 2.15. The minimum atomic E-state index is -0.558. The largest absolute Gasteiger partial charge is 0.338 e. The summed E-state index contributed by atoms with van der Waals surface area (Å²) in [6.45, 7) is 0.180. The number of imidazole rings is 1. The lowest BCUT2D eigenvalue weighted by Crippen LogP contribution is -2.24. The third-order valence-electron chi connectivity index (χ3n) is 3.33. The van der Waals surface area contributed by atoms with Crippen LogP contribution in [0.1, 0.15) is 16.2 Å². The van der Waals surface area contributed by atoms with Gasteiger partial charge in [-0.05, 0) is 48.2 Å². The Kier molecular flexibility index (Phi) is 5.53. The van der Waals surface area contributed by atoms with Gasteiger partial charge < -0.3 is 10.3 Å². The molecule has 0 aliphatic carbocycles. The van der Waals surface area contributed by atoms with Crippen LogP contribution in [0, 0.1) is 11.8 Å². The topological polar surface area (TPSA) is 107 Å². The SMILES string of the molecule is O=C(NO)Sc1ccc(C#CCNC(=O)c2nc3ccccc3[nH]2)cc1. The number of aromatic amines is 1. The number of benzene rings is 2. The Bertz CT molecular complexity index is 969. The van der Waals surface area contributed by atoms with Crippen LogP contribution in [-0.4, -0.2) is 32.9 Å².